The number of hydrogen-bond acceptors (Lipinski definition) is 3. The van der Waals surface area contributed by atoms with Crippen molar-refractivity contribution in [2.45, 2.75) is 37.9 Å². The second-order valence-corrected chi connectivity index (χ2v) is 9.26. The summed E-state index contributed by atoms with van der Waals surface area (Å²) in [6, 6.07) is 14.5. The Labute approximate surface area is 201 Å². The van der Waals surface area contributed by atoms with Crippen LogP contribution in [0.1, 0.15) is 35.2 Å². The highest BCUT2D eigenvalue weighted by atomic mass is 19.1. The molecule has 2 amide bonds. The number of carbonyl (C=O) groups is 2. The number of piperidine rings is 1. The Balaban J connectivity index is 1.37. The molecule has 182 valence electrons. The first-order valence-corrected chi connectivity index (χ1v) is 11.9. The number of hydrogen-bond donors (Lipinski definition) is 2. The first-order chi connectivity index (χ1) is 16.9. The minimum Gasteiger partial charge on any atom is -0.348 e. The number of fused-ring (bicyclic) bond motifs is 1. The average Bonchev–Trinajstić information content (AvgIpc) is 3.67. The van der Waals surface area contributed by atoms with Crippen LogP contribution in [-0.2, 0) is 11.3 Å². The normalized spacial score (nSPS) is 20.0. The minimum atomic E-state index is -1.27. The van der Waals surface area contributed by atoms with E-state index in [0.717, 1.165) is 29.2 Å². The molecule has 3 aromatic carbocycles. The first kappa shape index (κ1) is 23.4. The van der Waals surface area contributed by atoms with Crippen molar-refractivity contribution < 1.29 is 22.8 Å². The zero-order valence-electron chi connectivity index (χ0n) is 19.1. The molecule has 1 saturated heterocycles. The van der Waals surface area contributed by atoms with Crippen LogP contribution in [0.5, 0.6) is 0 Å². The zero-order chi connectivity index (χ0) is 24.5. The van der Waals surface area contributed by atoms with Crippen LogP contribution in [0.4, 0.5) is 13.2 Å². The molecular weight excluding hydrogens is 455 g/mol. The largest absolute Gasteiger partial charge is 0.348 e. The molecule has 2 unspecified atom stereocenters. The van der Waals surface area contributed by atoms with Gasteiger partial charge in [0, 0.05) is 37.3 Å². The van der Waals surface area contributed by atoms with Gasteiger partial charge in [0.2, 0.25) is 5.91 Å². The van der Waals surface area contributed by atoms with E-state index in [9.17, 15) is 22.8 Å². The predicted octanol–water partition coefficient (Wildman–Crippen LogP) is 4.16. The fourth-order valence-electron chi connectivity index (χ4n) is 4.89. The number of nitrogens with zero attached hydrogens (tertiary/aromatic N) is 1. The summed E-state index contributed by atoms with van der Waals surface area (Å²) in [5.74, 6) is -5.32. The molecule has 0 bridgehead atoms. The molecule has 1 saturated carbocycles. The van der Waals surface area contributed by atoms with E-state index in [1.807, 2.05) is 47.4 Å². The third-order valence-corrected chi connectivity index (χ3v) is 6.84. The standard InChI is InChI=1S/C27H26F3N3O2/c28-18-12-22(29)25(23(30)13-18)26(34)32-24-10-11-31-14-21(24)27(35)33(19-8-9-19)15-17-6-3-5-16-4-1-2-7-20(16)17/h1-7,12-13,19,21,24,31H,8-11,14-15H2,(H,32,34). The molecule has 0 radical (unpaired) electrons. The first-order valence-electron chi connectivity index (χ1n) is 11.9. The highest BCUT2D eigenvalue weighted by Gasteiger charge is 2.40. The molecule has 2 N–H and O–H groups in total. The van der Waals surface area contributed by atoms with Crippen molar-refractivity contribution in [1.82, 2.24) is 15.5 Å². The van der Waals surface area contributed by atoms with Gasteiger partial charge in [-0.3, -0.25) is 9.59 Å². The van der Waals surface area contributed by atoms with Crippen molar-refractivity contribution >= 4 is 22.6 Å². The number of amides is 2. The van der Waals surface area contributed by atoms with E-state index in [1.165, 1.54) is 0 Å². The number of halogens is 3. The van der Waals surface area contributed by atoms with Gasteiger partial charge >= 0.3 is 0 Å². The Morgan fingerprint density at radius 1 is 0.971 bits per heavy atom. The van der Waals surface area contributed by atoms with Gasteiger partial charge in [0.15, 0.2) is 0 Å². The SMILES string of the molecule is O=C(NC1CCNCC1C(=O)N(Cc1cccc2ccccc12)C1CC1)c1c(F)cc(F)cc1F. The van der Waals surface area contributed by atoms with Gasteiger partial charge in [-0.25, -0.2) is 13.2 Å². The monoisotopic (exact) mass is 481 g/mol. The van der Waals surface area contributed by atoms with Crippen LogP contribution < -0.4 is 10.6 Å². The van der Waals surface area contributed by atoms with Crippen molar-refractivity contribution in [2.75, 3.05) is 13.1 Å². The van der Waals surface area contributed by atoms with Gasteiger partial charge in [-0.05, 0) is 42.1 Å². The molecule has 0 spiro atoms. The highest BCUT2D eigenvalue weighted by Crippen LogP contribution is 2.32. The van der Waals surface area contributed by atoms with E-state index in [4.69, 9.17) is 0 Å². The van der Waals surface area contributed by atoms with Crippen molar-refractivity contribution in [3.05, 3.63) is 83.2 Å². The van der Waals surface area contributed by atoms with Gasteiger partial charge in [-0.15, -0.1) is 0 Å². The second kappa shape index (κ2) is 9.70. The Hall–Kier alpha value is -3.39. The molecule has 3 aromatic rings. The van der Waals surface area contributed by atoms with Crippen molar-refractivity contribution in [3.8, 4) is 0 Å². The third kappa shape index (κ3) is 4.89. The molecule has 5 rings (SSSR count). The Kier molecular flexibility index (Phi) is 6.47. The van der Waals surface area contributed by atoms with E-state index in [2.05, 4.69) is 10.6 Å². The van der Waals surface area contributed by atoms with Crippen LogP contribution in [0.3, 0.4) is 0 Å². The van der Waals surface area contributed by atoms with E-state index in [-0.39, 0.29) is 11.9 Å². The van der Waals surface area contributed by atoms with Crippen molar-refractivity contribution in [2.24, 2.45) is 5.92 Å². The maximum Gasteiger partial charge on any atom is 0.257 e. The van der Waals surface area contributed by atoms with E-state index in [1.54, 1.807) is 0 Å². The number of rotatable bonds is 6. The van der Waals surface area contributed by atoms with Gasteiger partial charge in [0.25, 0.3) is 5.91 Å². The number of carbonyl (C=O) groups excluding carboxylic acids is 2. The molecule has 35 heavy (non-hydrogen) atoms. The summed E-state index contributed by atoms with van der Waals surface area (Å²) in [5, 5.41) is 8.03. The fourth-order valence-corrected chi connectivity index (χ4v) is 4.89. The minimum absolute atomic E-state index is 0.0991. The molecule has 1 heterocycles. The van der Waals surface area contributed by atoms with Crippen molar-refractivity contribution in [1.29, 1.82) is 0 Å². The van der Waals surface area contributed by atoms with Crippen LogP contribution in [0.15, 0.2) is 54.6 Å². The molecule has 1 aliphatic carbocycles. The third-order valence-electron chi connectivity index (χ3n) is 6.84. The van der Waals surface area contributed by atoms with E-state index < -0.39 is 40.9 Å². The summed E-state index contributed by atoms with van der Waals surface area (Å²) in [7, 11) is 0. The Morgan fingerprint density at radius 2 is 1.69 bits per heavy atom. The molecular formula is C27H26F3N3O2. The predicted molar refractivity (Wildman–Crippen MR) is 126 cm³/mol. The van der Waals surface area contributed by atoms with E-state index in [0.29, 0.717) is 38.2 Å². The molecule has 0 aromatic heterocycles. The maximum absolute atomic E-state index is 14.2. The molecule has 1 aliphatic heterocycles. The summed E-state index contributed by atoms with van der Waals surface area (Å²) < 4.78 is 41.6. The average molecular weight is 482 g/mol. The molecule has 2 atom stereocenters. The van der Waals surface area contributed by atoms with Crippen LogP contribution >= 0.6 is 0 Å². The highest BCUT2D eigenvalue weighted by molar-refractivity contribution is 5.95. The van der Waals surface area contributed by atoms with E-state index >= 15 is 0 Å². The van der Waals surface area contributed by atoms with Gasteiger partial charge in [0.05, 0.1) is 5.92 Å². The zero-order valence-corrected chi connectivity index (χ0v) is 19.1. The maximum atomic E-state index is 14.2. The summed E-state index contributed by atoms with van der Waals surface area (Å²) in [5.41, 5.74) is 0.203. The summed E-state index contributed by atoms with van der Waals surface area (Å²) in [6.45, 7) is 1.34. The second-order valence-electron chi connectivity index (χ2n) is 9.26. The lowest BCUT2D eigenvalue weighted by Gasteiger charge is -2.36. The van der Waals surface area contributed by atoms with Gasteiger partial charge < -0.3 is 15.5 Å². The van der Waals surface area contributed by atoms with Gasteiger partial charge in [-0.2, -0.15) is 0 Å². The van der Waals surface area contributed by atoms with Crippen LogP contribution in [0, 0.1) is 23.4 Å². The van der Waals surface area contributed by atoms with Crippen LogP contribution in [-0.4, -0.2) is 41.9 Å². The Morgan fingerprint density at radius 3 is 2.43 bits per heavy atom. The number of nitrogens with one attached hydrogen (secondary N) is 2. The summed E-state index contributed by atoms with van der Waals surface area (Å²) in [4.78, 5) is 28.4. The summed E-state index contributed by atoms with van der Waals surface area (Å²) in [6.07, 6.45) is 2.26. The quantitative estimate of drug-likeness (QED) is 0.556. The molecule has 8 heteroatoms. The molecule has 2 fully saturated rings. The van der Waals surface area contributed by atoms with Crippen LogP contribution in [0.25, 0.3) is 10.8 Å². The topological polar surface area (TPSA) is 61.4 Å². The molecule has 5 nitrogen and oxygen atoms in total. The van der Waals surface area contributed by atoms with Gasteiger partial charge in [0.1, 0.15) is 23.0 Å². The van der Waals surface area contributed by atoms with Gasteiger partial charge in [-0.1, -0.05) is 42.5 Å². The number of benzene rings is 3. The van der Waals surface area contributed by atoms with Crippen LogP contribution in [0.2, 0.25) is 0 Å². The smallest absolute Gasteiger partial charge is 0.257 e. The lowest BCUT2D eigenvalue weighted by Crippen LogP contribution is -2.55. The Bertz CT molecular complexity index is 1250. The lowest BCUT2D eigenvalue weighted by atomic mass is 9.91. The fraction of sp³-hybridized carbons (Fsp3) is 0.333. The lowest BCUT2D eigenvalue weighted by molar-refractivity contribution is -0.138. The summed E-state index contributed by atoms with van der Waals surface area (Å²) >= 11 is 0. The molecule has 2 aliphatic rings. The van der Waals surface area contributed by atoms with Crippen molar-refractivity contribution in [3.63, 3.8) is 0 Å².